The minimum Gasteiger partial charge on any atom is -0.392 e. The summed E-state index contributed by atoms with van der Waals surface area (Å²) in [5.41, 5.74) is 0. The molecule has 1 aromatic heterocycles. The highest BCUT2D eigenvalue weighted by Gasteiger charge is 2.29. The Kier molecular flexibility index (Phi) is 3.52. The fraction of sp³-hybridized carbons (Fsp3) is 0.600. The number of aliphatic hydroxyl groups is 1. The lowest BCUT2D eigenvalue weighted by molar-refractivity contribution is -0.380. The van der Waals surface area contributed by atoms with Gasteiger partial charge in [-0.3, -0.25) is 10.1 Å². The maximum absolute atomic E-state index is 10.4. The van der Waals surface area contributed by atoms with E-state index in [1.807, 2.05) is 0 Å². The third-order valence-corrected chi connectivity index (χ3v) is 3.68. The number of hydrogen-bond acceptors (Lipinski definition) is 5. The Morgan fingerprint density at radius 2 is 2.38 bits per heavy atom. The molecule has 1 saturated carbocycles. The van der Waals surface area contributed by atoms with E-state index >= 15 is 0 Å². The molecule has 1 heterocycles. The fourth-order valence-electron chi connectivity index (χ4n) is 1.55. The van der Waals surface area contributed by atoms with E-state index in [2.05, 4.69) is 5.32 Å². The van der Waals surface area contributed by atoms with Crippen LogP contribution < -0.4 is 5.32 Å². The Balaban J connectivity index is 1.73. The molecule has 0 radical (unpaired) electrons. The first-order chi connectivity index (χ1) is 7.66. The highest BCUT2D eigenvalue weighted by Crippen LogP contribution is 2.32. The van der Waals surface area contributed by atoms with Crippen LogP contribution in [0, 0.1) is 16.0 Å². The van der Waals surface area contributed by atoms with E-state index < -0.39 is 0 Å². The van der Waals surface area contributed by atoms with Gasteiger partial charge in [-0.1, -0.05) is 11.3 Å². The zero-order valence-corrected chi connectivity index (χ0v) is 9.57. The predicted molar refractivity (Wildman–Crippen MR) is 61.4 cm³/mol. The summed E-state index contributed by atoms with van der Waals surface area (Å²) in [5.74, 6) is 0.463. The Morgan fingerprint density at radius 1 is 1.62 bits per heavy atom. The molecule has 1 aliphatic rings. The Morgan fingerprint density at radius 3 is 2.94 bits per heavy atom. The number of thiophene rings is 1. The van der Waals surface area contributed by atoms with Crippen molar-refractivity contribution in [3.8, 4) is 0 Å². The molecule has 1 fully saturated rings. The summed E-state index contributed by atoms with van der Waals surface area (Å²) >= 11 is 1.17. The van der Waals surface area contributed by atoms with Crippen LogP contribution in [0.25, 0.3) is 0 Å². The van der Waals surface area contributed by atoms with Crippen molar-refractivity contribution in [2.75, 3.05) is 6.54 Å². The molecule has 0 amide bonds. The molecule has 16 heavy (non-hydrogen) atoms. The average Bonchev–Trinajstić information content (AvgIpc) is 2.98. The third-order valence-electron chi connectivity index (χ3n) is 2.65. The summed E-state index contributed by atoms with van der Waals surface area (Å²) < 4.78 is 0. The fourth-order valence-corrected chi connectivity index (χ4v) is 2.34. The minimum atomic E-state index is -0.382. The molecule has 1 atom stereocenters. The van der Waals surface area contributed by atoms with Gasteiger partial charge in [-0.25, -0.2) is 0 Å². The Hall–Kier alpha value is -0.980. The van der Waals surface area contributed by atoms with Gasteiger partial charge in [0.15, 0.2) is 0 Å². The molecule has 0 saturated heterocycles. The molecule has 6 heteroatoms. The van der Waals surface area contributed by atoms with E-state index in [-0.39, 0.29) is 16.0 Å². The molecule has 0 aliphatic heterocycles. The SMILES string of the molecule is O=[N+]([O-])c1ccc(CNCC(O)C2CC2)s1. The molecule has 1 unspecified atom stereocenters. The van der Waals surface area contributed by atoms with E-state index in [0.29, 0.717) is 19.0 Å². The molecule has 2 rings (SSSR count). The third kappa shape index (κ3) is 3.01. The summed E-state index contributed by atoms with van der Waals surface area (Å²) in [6, 6.07) is 3.26. The van der Waals surface area contributed by atoms with Crippen LogP contribution in [0.15, 0.2) is 12.1 Å². The Bertz CT molecular complexity index is 376. The maximum atomic E-state index is 10.4. The summed E-state index contributed by atoms with van der Waals surface area (Å²) in [5, 5.41) is 23.3. The van der Waals surface area contributed by atoms with Crippen LogP contribution in [-0.2, 0) is 6.54 Å². The van der Waals surface area contributed by atoms with Gasteiger partial charge in [-0.05, 0) is 24.8 Å². The topological polar surface area (TPSA) is 75.4 Å². The van der Waals surface area contributed by atoms with Crippen molar-refractivity contribution in [1.29, 1.82) is 0 Å². The van der Waals surface area contributed by atoms with Gasteiger partial charge < -0.3 is 10.4 Å². The monoisotopic (exact) mass is 242 g/mol. The first-order valence-electron chi connectivity index (χ1n) is 5.28. The van der Waals surface area contributed by atoms with Gasteiger partial charge in [-0.15, -0.1) is 0 Å². The van der Waals surface area contributed by atoms with E-state index in [4.69, 9.17) is 0 Å². The van der Waals surface area contributed by atoms with Gasteiger partial charge in [0.2, 0.25) is 0 Å². The second-order valence-electron chi connectivity index (χ2n) is 4.03. The van der Waals surface area contributed by atoms with Crippen LogP contribution in [0.1, 0.15) is 17.7 Å². The number of nitrogens with zero attached hydrogens (tertiary/aromatic N) is 1. The van der Waals surface area contributed by atoms with Crippen LogP contribution in [-0.4, -0.2) is 22.7 Å². The normalized spacial score (nSPS) is 17.3. The van der Waals surface area contributed by atoms with Gasteiger partial charge in [0.1, 0.15) is 0 Å². The number of aliphatic hydroxyl groups excluding tert-OH is 1. The highest BCUT2D eigenvalue weighted by molar-refractivity contribution is 7.15. The lowest BCUT2D eigenvalue weighted by Crippen LogP contribution is -2.27. The first-order valence-corrected chi connectivity index (χ1v) is 6.10. The largest absolute Gasteiger partial charge is 0.392 e. The molecular weight excluding hydrogens is 228 g/mol. The average molecular weight is 242 g/mol. The van der Waals surface area contributed by atoms with Crippen LogP contribution >= 0.6 is 11.3 Å². The molecule has 0 aromatic carbocycles. The van der Waals surface area contributed by atoms with Gasteiger partial charge >= 0.3 is 5.00 Å². The van der Waals surface area contributed by atoms with Crippen molar-refractivity contribution in [3.05, 3.63) is 27.1 Å². The molecule has 2 N–H and O–H groups in total. The lowest BCUT2D eigenvalue weighted by Gasteiger charge is -2.09. The molecule has 1 aliphatic carbocycles. The van der Waals surface area contributed by atoms with Crippen LogP contribution in [0.3, 0.4) is 0 Å². The van der Waals surface area contributed by atoms with Gasteiger partial charge in [-0.2, -0.15) is 0 Å². The van der Waals surface area contributed by atoms with Gasteiger partial charge in [0.05, 0.1) is 11.0 Å². The van der Waals surface area contributed by atoms with E-state index in [1.54, 1.807) is 6.07 Å². The van der Waals surface area contributed by atoms with Crippen molar-refractivity contribution >= 4 is 16.3 Å². The summed E-state index contributed by atoms with van der Waals surface area (Å²) in [7, 11) is 0. The second kappa shape index (κ2) is 4.90. The van der Waals surface area contributed by atoms with Gasteiger partial charge in [0.25, 0.3) is 0 Å². The van der Waals surface area contributed by atoms with Crippen LogP contribution in [0.4, 0.5) is 5.00 Å². The summed E-state index contributed by atoms with van der Waals surface area (Å²) in [6.07, 6.45) is 1.97. The molecule has 5 nitrogen and oxygen atoms in total. The standard InChI is InChI=1S/C10H14N2O3S/c13-9(7-1-2-7)6-11-5-8-3-4-10(16-8)12(14)15/h3-4,7,9,11,13H,1-2,5-6H2. The number of nitro groups is 1. The van der Waals surface area contributed by atoms with Crippen molar-refractivity contribution in [2.45, 2.75) is 25.5 Å². The van der Waals surface area contributed by atoms with Gasteiger partial charge in [0, 0.05) is 24.0 Å². The zero-order chi connectivity index (χ0) is 11.5. The quantitative estimate of drug-likeness (QED) is 0.585. The smallest absolute Gasteiger partial charge is 0.324 e. The maximum Gasteiger partial charge on any atom is 0.324 e. The predicted octanol–water partition coefficient (Wildman–Crippen LogP) is 1.52. The second-order valence-corrected chi connectivity index (χ2v) is 5.18. The molecule has 0 spiro atoms. The molecular formula is C10H14N2O3S. The van der Waals surface area contributed by atoms with Crippen molar-refractivity contribution in [2.24, 2.45) is 5.92 Å². The zero-order valence-electron chi connectivity index (χ0n) is 8.76. The minimum absolute atomic E-state index is 0.166. The van der Waals surface area contributed by atoms with Crippen LogP contribution in [0.5, 0.6) is 0 Å². The van der Waals surface area contributed by atoms with Crippen molar-refractivity contribution in [3.63, 3.8) is 0 Å². The highest BCUT2D eigenvalue weighted by atomic mass is 32.1. The molecule has 1 aromatic rings. The Labute approximate surface area is 97.3 Å². The first kappa shape index (κ1) is 11.5. The molecule has 0 bridgehead atoms. The van der Waals surface area contributed by atoms with E-state index in [9.17, 15) is 15.2 Å². The lowest BCUT2D eigenvalue weighted by atomic mass is 10.2. The van der Waals surface area contributed by atoms with Crippen molar-refractivity contribution < 1.29 is 10.0 Å². The van der Waals surface area contributed by atoms with Crippen LogP contribution in [0.2, 0.25) is 0 Å². The number of nitrogens with one attached hydrogen (secondary N) is 1. The summed E-state index contributed by atoms with van der Waals surface area (Å²) in [4.78, 5) is 11.0. The van der Waals surface area contributed by atoms with Crippen molar-refractivity contribution in [1.82, 2.24) is 5.32 Å². The number of rotatable bonds is 6. The van der Waals surface area contributed by atoms with E-state index in [0.717, 1.165) is 17.7 Å². The van der Waals surface area contributed by atoms with E-state index in [1.165, 1.54) is 17.4 Å². The number of hydrogen-bond donors (Lipinski definition) is 2. The molecule has 88 valence electrons. The summed E-state index contributed by atoms with van der Waals surface area (Å²) in [6.45, 7) is 1.15.